The van der Waals surface area contributed by atoms with Gasteiger partial charge in [0, 0.05) is 13.7 Å². The van der Waals surface area contributed by atoms with Crippen LogP contribution in [0.2, 0.25) is 0 Å². The maximum absolute atomic E-state index is 8.77. The van der Waals surface area contributed by atoms with E-state index in [2.05, 4.69) is 32.9 Å². The van der Waals surface area contributed by atoms with Gasteiger partial charge in [0.25, 0.3) is 0 Å². The molecule has 0 aromatic carbocycles. The summed E-state index contributed by atoms with van der Waals surface area (Å²) in [5.41, 5.74) is 4.13. The van der Waals surface area contributed by atoms with Crippen molar-refractivity contribution >= 4 is 0 Å². The van der Waals surface area contributed by atoms with Gasteiger partial charge in [-0.15, -0.1) is 0 Å². The SMILES string of the molecule is COCCC(C)=CCCC(C)=CCCC(C)=CCO. The van der Waals surface area contributed by atoms with Crippen LogP contribution in [0, 0.1) is 0 Å². The van der Waals surface area contributed by atoms with Crippen LogP contribution in [0.15, 0.2) is 34.9 Å². The summed E-state index contributed by atoms with van der Waals surface area (Å²) in [6.07, 6.45) is 11.9. The number of ether oxygens (including phenoxy) is 1. The van der Waals surface area contributed by atoms with E-state index in [1.54, 1.807) is 7.11 Å². The molecular weight excluding hydrogens is 236 g/mol. The van der Waals surface area contributed by atoms with Crippen LogP contribution in [0.1, 0.15) is 52.9 Å². The monoisotopic (exact) mass is 266 g/mol. The predicted molar refractivity (Wildman–Crippen MR) is 83.3 cm³/mol. The second-order valence-electron chi connectivity index (χ2n) is 5.15. The van der Waals surface area contributed by atoms with Crippen LogP contribution in [-0.2, 0) is 4.74 Å². The zero-order chi connectivity index (χ0) is 14.5. The van der Waals surface area contributed by atoms with Gasteiger partial charge in [0.05, 0.1) is 6.61 Å². The Morgan fingerprint density at radius 2 is 1.32 bits per heavy atom. The average Bonchev–Trinajstić information content (AvgIpc) is 2.36. The molecule has 0 amide bonds. The maximum Gasteiger partial charge on any atom is 0.0614 e. The lowest BCUT2D eigenvalue weighted by atomic mass is 10.1. The Morgan fingerprint density at radius 1 is 0.842 bits per heavy atom. The molecule has 0 aliphatic heterocycles. The van der Waals surface area contributed by atoms with E-state index in [4.69, 9.17) is 9.84 Å². The van der Waals surface area contributed by atoms with Crippen LogP contribution in [0.5, 0.6) is 0 Å². The molecule has 0 saturated heterocycles. The van der Waals surface area contributed by atoms with Crippen LogP contribution in [-0.4, -0.2) is 25.4 Å². The Hall–Kier alpha value is -0.860. The molecule has 1 N–H and O–H groups in total. The molecule has 0 unspecified atom stereocenters. The lowest BCUT2D eigenvalue weighted by Crippen LogP contribution is -1.89. The van der Waals surface area contributed by atoms with Crippen molar-refractivity contribution in [2.75, 3.05) is 20.3 Å². The molecule has 0 aliphatic carbocycles. The Labute approximate surface area is 118 Å². The Bertz CT molecular complexity index is 311. The first-order valence-corrected chi connectivity index (χ1v) is 7.16. The molecule has 0 radical (unpaired) electrons. The van der Waals surface area contributed by atoms with Crippen molar-refractivity contribution in [2.45, 2.75) is 52.9 Å². The molecule has 19 heavy (non-hydrogen) atoms. The first kappa shape index (κ1) is 18.1. The Morgan fingerprint density at radius 3 is 1.79 bits per heavy atom. The van der Waals surface area contributed by atoms with Crippen molar-refractivity contribution in [3.8, 4) is 0 Å². The van der Waals surface area contributed by atoms with Gasteiger partial charge in [-0.2, -0.15) is 0 Å². The standard InChI is InChI=1S/C17H30O2/c1-15(7-5-9-16(2)11-13-18)8-6-10-17(3)12-14-19-4/h7,10-11,18H,5-6,8-9,12-14H2,1-4H3. The number of rotatable bonds is 10. The van der Waals surface area contributed by atoms with Gasteiger partial charge < -0.3 is 9.84 Å². The Kier molecular flexibility index (Phi) is 11.6. The van der Waals surface area contributed by atoms with E-state index in [0.717, 1.165) is 38.7 Å². The third-order valence-corrected chi connectivity index (χ3v) is 3.20. The second kappa shape index (κ2) is 12.2. The molecular formula is C17H30O2. The van der Waals surface area contributed by atoms with E-state index >= 15 is 0 Å². The molecule has 0 spiro atoms. The fraction of sp³-hybridized carbons (Fsp3) is 0.647. The quantitative estimate of drug-likeness (QED) is 0.593. The zero-order valence-electron chi connectivity index (χ0n) is 13.0. The lowest BCUT2D eigenvalue weighted by Gasteiger charge is -2.02. The topological polar surface area (TPSA) is 29.5 Å². The molecule has 0 aromatic rings. The Balaban J connectivity index is 3.84. The fourth-order valence-electron chi connectivity index (χ4n) is 1.82. The highest BCUT2D eigenvalue weighted by atomic mass is 16.5. The molecule has 2 heteroatoms. The summed E-state index contributed by atoms with van der Waals surface area (Å²) in [5.74, 6) is 0. The minimum absolute atomic E-state index is 0.153. The van der Waals surface area contributed by atoms with Gasteiger partial charge >= 0.3 is 0 Å². The van der Waals surface area contributed by atoms with Gasteiger partial charge in [0.2, 0.25) is 0 Å². The third-order valence-electron chi connectivity index (χ3n) is 3.20. The normalized spacial score (nSPS) is 14.1. The number of methoxy groups -OCH3 is 1. The van der Waals surface area contributed by atoms with E-state index < -0.39 is 0 Å². The number of hydrogen-bond acceptors (Lipinski definition) is 2. The fourth-order valence-corrected chi connectivity index (χ4v) is 1.82. The van der Waals surface area contributed by atoms with E-state index in [1.807, 2.05) is 6.08 Å². The summed E-state index contributed by atoms with van der Waals surface area (Å²) < 4.78 is 5.06. The van der Waals surface area contributed by atoms with E-state index in [-0.39, 0.29) is 6.61 Å². The number of aliphatic hydroxyl groups excluding tert-OH is 1. The van der Waals surface area contributed by atoms with Crippen LogP contribution < -0.4 is 0 Å². The molecule has 0 atom stereocenters. The molecule has 0 rings (SSSR count). The summed E-state index contributed by atoms with van der Waals surface area (Å²) in [6.45, 7) is 7.40. The summed E-state index contributed by atoms with van der Waals surface area (Å²) in [5, 5.41) is 8.77. The predicted octanol–water partition coefficient (Wildman–Crippen LogP) is 4.41. The van der Waals surface area contributed by atoms with E-state index in [1.165, 1.54) is 16.7 Å². The third kappa shape index (κ3) is 11.9. The van der Waals surface area contributed by atoms with Crippen molar-refractivity contribution in [1.29, 1.82) is 0 Å². The molecule has 0 aromatic heterocycles. The molecule has 0 heterocycles. The van der Waals surface area contributed by atoms with Gasteiger partial charge in [-0.05, 0) is 52.9 Å². The minimum atomic E-state index is 0.153. The molecule has 0 bridgehead atoms. The van der Waals surface area contributed by atoms with Crippen molar-refractivity contribution in [3.05, 3.63) is 34.9 Å². The number of allylic oxidation sites excluding steroid dienone is 4. The van der Waals surface area contributed by atoms with Gasteiger partial charge in [-0.1, -0.05) is 34.9 Å². The molecule has 0 saturated carbocycles. The van der Waals surface area contributed by atoms with Gasteiger partial charge in [-0.3, -0.25) is 0 Å². The van der Waals surface area contributed by atoms with Gasteiger partial charge in [0.15, 0.2) is 0 Å². The molecule has 0 fully saturated rings. The van der Waals surface area contributed by atoms with Crippen LogP contribution in [0.3, 0.4) is 0 Å². The summed E-state index contributed by atoms with van der Waals surface area (Å²) >= 11 is 0. The van der Waals surface area contributed by atoms with Crippen LogP contribution in [0.25, 0.3) is 0 Å². The molecule has 0 aliphatic rings. The molecule has 110 valence electrons. The summed E-state index contributed by atoms with van der Waals surface area (Å²) in [6, 6.07) is 0. The molecule has 2 nitrogen and oxygen atoms in total. The van der Waals surface area contributed by atoms with Crippen molar-refractivity contribution in [3.63, 3.8) is 0 Å². The van der Waals surface area contributed by atoms with Crippen molar-refractivity contribution < 1.29 is 9.84 Å². The lowest BCUT2D eigenvalue weighted by molar-refractivity contribution is 0.202. The second-order valence-corrected chi connectivity index (χ2v) is 5.15. The minimum Gasteiger partial charge on any atom is -0.392 e. The smallest absolute Gasteiger partial charge is 0.0614 e. The average molecular weight is 266 g/mol. The van der Waals surface area contributed by atoms with Crippen LogP contribution in [0.4, 0.5) is 0 Å². The highest BCUT2D eigenvalue weighted by Gasteiger charge is 1.93. The maximum atomic E-state index is 8.77. The zero-order valence-corrected chi connectivity index (χ0v) is 13.0. The number of hydrogen-bond donors (Lipinski definition) is 1. The first-order valence-electron chi connectivity index (χ1n) is 7.16. The summed E-state index contributed by atoms with van der Waals surface area (Å²) in [7, 11) is 1.74. The highest BCUT2D eigenvalue weighted by Crippen LogP contribution is 2.12. The van der Waals surface area contributed by atoms with E-state index in [9.17, 15) is 0 Å². The number of aliphatic hydroxyl groups is 1. The highest BCUT2D eigenvalue weighted by molar-refractivity contribution is 5.06. The van der Waals surface area contributed by atoms with Crippen LogP contribution >= 0.6 is 0 Å². The first-order chi connectivity index (χ1) is 9.10. The van der Waals surface area contributed by atoms with Gasteiger partial charge in [0.1, 0.15) is 0 Å². The van der Waals surface area contributed by atoms with Crippen molar-refractivity contribution in [2.24, 2.45) is 0 Å². The summed E-state index contributed by atoms with van der Waals surface area (Å²) in [4.78, 5) is 0. The van der Waals surface area contributed by atoms with Crippen molar-refractivity contribution in [1.82, 2.24) is 0 Å². The van der Waals surface area contributed by atoms with E-state index in [0.29, 0.717) is 0 Å². The largest absolute Gasteiger partial charge is 0.392 e. The van der Waals surface area contributed by atoms with Gasteiger partial charge in [-0.25, -0.2) is 0 Å².